The molecule has 0 radical (unpaired) electrons. The van der Waals surface area contributed by atoms with Crippen LogP contribution in [0.5, 0.6) is 0 Å². The average Bonchev–Trinajstić information content (AvgIpc) is 2.99. The summed E-state index contributed by atoms with van der Waals surface area (Å²) in [6.45, 7) is 41.4. The molecule has 6 nitrogen and oxygen atoms in total. The van der Waals surface area contributed by atoms with Crippen molar-refractivity contribution >= 4 is 35.0 Å². The molecule has 1 aliphatic heterocycles. The van der Waals surface area contributed by atoms with Crippen LogP contribution in [0.25, 0.3) is 0 Å². The summed E-state index contributed by atoms with van der Waals surface area (Å²) in [4.78, 5) is 0.364. The van der Waals surface area contributed by atoms with Crippen molar-refractivity contribution in [3.63, 3.8) is 0 Å². The Labute approximate surface area is 339 Å². The highest BCUT2D eigenvalue weighted by Crippen LogP contribution is 2.46. The van der Waals surface area contributed by atoms with Crippen molar-refractivity contribution in [3.05, 3.63) is 29.8 Å². The predicted octanol–water partition coefficient (Wildman–Crippen LogP) is 13.5. The van der Waals surface area contributed by atoms with Crippen LogP contribution in [-0.2, 0) is 23.3 Å². The fourth-order valence-corrected chi connectivity index (χ4v) is 12.3. The Morgan fingerprint density at radius 3 is 1.59 bits per heavy atom. The number of aryl methyl sites for hydroxylation is 1. The van der Waals surface area contributed by atoms with Gasteiger partial charge in [-0.3, -0.25) is 0 Å². The Kier molecular flexibility index (Phi) is 18.1. The third kappa shape index (κ3) is 13.9. The second kappa shape index (κ2) is 19.6. The standard InChI is InChI=1S/C44H87NO5SSi3/c1-35(2)33-37(49-53(15,16)43(7,8)9)27-25-23-21-19-20-22-24-26-28-39-41(50-54(17,18)44(10,11)12)40(34-48-52(13,14)42(4,5)6)45(39)51(46,47)38-31-29-36(3)30-32-38/h29-32,35,37,39-41H,19-28,33-34H2,1-18H3/t37-,39+,40+,41-/m1/s1. The molecule has 0 bridgehead atoms. The van der Waals surface area contributed by atoms with Gasteiger partial charge >= 0.3 is 0 Å². The van der Waals surface area contributed by atoms with Crippen molar-refractivity contribution in [2.75, 3.05) is 6.61 Å². The van der Waals surface area contributed by atoms with E-state index >= 15 is 0 Å². The Balaban J connectivity index is 2.09. The van der Waals surface area contributed by atoms with Gasteiger partial charge in [0.15, 0.2) is 25.0 Å². The van der Waals surface area contributed by atoms with Gasteiger partial charge in [-0.25, -0.2) is 8.42 Å². The molecule has 2 rings (SSSR count). The lowest BCUT2D eigenvalue weighted by atomic mass is 9.89. The Morgan fingerprint density at radius 1 is 0.667 bits per heavy atom. The van der Waals surface area contributed by atoms with Gasteiger partial charge in [0.25, 0.3) is 0 Å². The minimum Gasteiger partial charge on any atom is -0.415 e. The highest BCUT2D eigenvalue weighted by Gasteiger charge is 2.58. The molecule has 1 heterocycles. The van der Waals surface area contributed by atoms with E-state index in [4.69, 9.17) is 13.3 Å². The van der Waals surface area contributed by atoms with E-state index in [2.05, 4.69) is 115 Å². The van der Waals surface area contributed by atoms with Crippen LogP contribution in [0.1, 0.15) is 152 Å². The molecule has 0 saturated carbocycles. The van der Waals surface area contributed by atoms with Crippen LogP contribution in [0, 0.1) is 12.8 Å². The zero-order chi connectivity index (χ0) is 41.6. The van der Waals surface area contributed by atoms with E-state index in [1.54, 1.807) is 16.4 Å². The van der Waals surface area contributed by atoms with Gasteiger partial charge in [-0.1, -0.05) is 145 Å². The van der Waals surface area contributed by atoms with Crippen molar-refractivity contribution in [2.24, 2.45) is 5.92 Å². The van der Waals surface area contributed by atoms with Crippen molar-refractivity contribution in [1.29, 1.82) is 0 Å². The van der Waals surface area contributed by atoms with Crippen molar-refractivity contribution in [1.82, 2.24) is 4.31 Å². The van der Waals surface area contributed by atoms with Crippen LogP contribution in [0.2, 0.25) is 54.4 Å². The zero-order valence-electron chi connectivity index (χ0n) is 38.6. The fraction of sp³-hybridized carbons (Fsp3) is 0.864. The van der Waals surface area contributed by atoms with E-state index in [1.165, 1.54) is 44.9 Å². The van der Waals surface area contributed by atoms with Gasteiger partial charge < -0.3 is 13.3 Å². The number of nitrogens with zero attached hydrogens (tertiary/aromatic N) is 1. The Morgan fingerprint density at radius 2 is 1.13 bits per heavy atom. The summed E-state index contributed by atoms with van der Waals surface area (Å²) >= 11 is 0. The van der Waals surface area contributed by atoms with Gasteiger partial charge in [-0.15, -0.1) is 0 Å². The van der Waals surface area contributed by atoms with Gasteiger partial charge in [0.2, 0.25) is 10.0 Å². The van der Waals surface area contributed by atoms with E-state index in [1.807, 2.05) is 19.1 Å². The van der Waals surface area contributed by atoms with Gasteiger partial charge in [0, 0.05) is 6.10 Å². The van der Waals surface area contributed by atoms with Gasteiger partial charge in [0.1, 0.15) is 0 Å². The maximum Gasteiger partial charge on any atom is 0.243 e. The zero-order valence-corrected chi connectivity index (χ0v) is 42.4. The first-order valence-electron chi connectivity index (χ1n) is 21.5. The summed E-state index contributed by atoms with van der Waals surface area (Å²) in [5, 5.41) is 0.293. The van der Waals surface area contributed by atoms with E-state index in [-0.39, 0.29) is 33.3 Å². The number of unbranched alkanes of at least 4 members (excludes halogenated alkanes) is 7. The van der Waals surface area contributed by atoms with E-state index in [9.17, 15) is 8.42 Å². The molecular weight excluding hydrogens is 739 g/mol. The van der Waals surface area contributed by atoms with E-state index < -0.39 is 35.0 Å². The summed E-state index contributed by atoms with van der Waals surface area (Å²) in [5.74, 6) is 0.657. The van der Waals surface area contributed by atoms with Gasteiger partial charge in [0.05, 0.1) is 29.7 Å². The molecule has 1 aromatic rings. The van der Waals surface area contributed by atoms with Crippen LogP contribution < -0.4 is 0 Å². The number of benzene rings is 1. The molecule has 316 valence electrons. The summed E-state index contributed by atoms with van der Waals surface area (Å²) in [5.41, 5.74) is 1.05. The average molecular weight is 827 g/mol. The Hall–Kier alpha value is -0.339. The summed E-state index contributed by atoms with van der Waals surface area (Å²) in [7, 11) is -9.82. The first-order chi connectivity index (χ1) is 24.4. The van der Waals surface area contributed by atoms with E-state index in [0.717, 1.165) is 31.2 Å². The number of hydrogen-bond acceptors (Lipinski definition) is 5. The SMILES string of the molecule is Cc1ccc(S(=O)(=O)N2[C@@H](CCCCCCCCCC[C@H](CC(C)C)O[Si](C)(C)C(C)(C)C)[C@@H](O[Si](C)(C)C(C)(C)C)[C@@H]2CO[Si](C)(C)C(C)(C)C)cc1. The van der Waals surface area contributed by atoms with Gasteiger partial charge in [-0.05, 0) is 98.6 Å². The van der Waals surface area contributed by atoms with Crippen molar-refractivity contribution in [2.45, 2.75) is 237 Å². The van der Waals surface area contributed by atoms with Crippen LogP contribution >= 0.6 is 0 Å². The fourth-order valence-electron chi connectivity index (χ4n) is 6.65. The predicted molar refractivity (Wildman–Crippen MR) is 241 cm³/mol. The topological polar surface area (TPSA) is 65.1 Å². The molecule has 0 amide bonds. The van der Waals surface area contributed by atoms with Crippen LogP contribution in [0.4, 0.5) is 0 Å². The normalized spacial score (nSPS) is 20.4. The lowest BCUT2D eigenvalue weighted by Crippen LogP contribution is -2.73. The van der Waals surface area contributed by atoms with Crippen molar-refractivity contribution < 1.29 is 21.7 Å². The molecule has 1 aromatic carbocycles. The van der Waals surface area contributed by atoms with Crippen LogP contribution in [0.15, 0.2) is 29.2 Å². The smallest absolute Gasteiger partial charge is 0.243 e. The highest BCUT2D eigenvalue weighted by molar-refractivity contribution is 7.89. The lowest BCUT2D eigenvalue weighted by molar-refractivity contribution is -0.0777. The molecule has 1 aliphatic rings. The number of sulfonamides is 1. The second-order valence-corrected chi connectivity index (χ2v) is 37.9. The van der Waals surface area contributed by atoms with Crippen molar-refractivity contribution in [3.8, 4) is 0 Å². The largest absolute Gasteiger partial charge is 0.415 e. The molecule has 0 spiro atoms. The summed E-state index contributed by atoms with van der Waals surface area (Å²) in [6.07, 6.45) is 12.9. The van der Waals surface area contributed by atoms with Crippen LogP contribution in [-0.4, -0.2) is 68.6 Å². The molecule has 0 unspecified atom stereocenters. The van der Waals surface area contributed by atoms with E-state index in [0.29, 0.717) is 23.5 Å². The summed E-state index contributed by atoms with van der Waals surface area (Å²) < 4.78 is 51.6. The number of rotatable bonds is 22. The molecule has 1 saturated heterocycles. The molecule has 10 heteroatoms. The minimum absolute atomic E-state index is 0.0196. The second-order valence-electron chi connectivity index (χ2n) is 21.7. The third-order valence-electron chi connectivity index (χ3n) is 13.4. The Bertz CT molecular complexity index is 1370. The monoisotopic (exact) mass is 826 g/mol. The maximum absolute atomic E-state index is 14.5. The minimum atomic E-state index is -3.74. The van der Waals surface area contributed by atoms with Gasteiger partial charge in [-0.2, -0.15) is 4.31 Å². The van der Waals surface area contributed by atoms with Crippen LogP contribution in [0.3, 0.4) is 0 Å². The number of hydrogen-bond donors (Lipinski definition) is 0. The highest BCUT2D eigenvalue weighted by atomic mass is 32.2. The molecule has 54 heavy (non-hydrogen) atoms. The third-order valence-corrected chi connectivity index (χ3v) is 28.9. The molecular formula is C44H87NO5SSi3. The molecule has 0 aliphatic carbocycles. The molecule has 0 N–H and O–H groups in total. The molecule has 4 atom stereocenters. The first kappa shape index (κ1) is 49.8. The maximum atomic E-state index is 14.5. The quantitative estimate of drug-likeness (QED) is 0.0861. The molecule has 0 aromatic heterocycles. The first-order valence-corrected chi connectivity index (χ1v) is 31.7. The lowest BCUT2D eigenvalue weighted by Gasteiger charge is -2.57. The summed E-state index contributed by atoms with van der Waals surface area (Å²) in [6, 6.07) is 6.81. The molecule has 1 fully saturated rings.